The molecule has 2 atom stereocenters. The molecule has 5 heteroatoms. The maximum Gasteiger partial charge on any atom is 0.260 e. The van der Waals surface area contributed by atoms with Gasteiger partial charge in [0.1, 0.15) is 6.26 Å². The zero-order chi connectivity index (χ0) is 10.3. The fourth-order valence-electron chi connectivity index (χ4n) is 2.02. The molecule has 0 aromatic carbocycles. The molecule has 1 aromatic heterocycles. The average molecular weight is 206 g/mol. The molecule has 1 amide bonds. The molecule has 2 unspecified atom stereocenters. The normalized spacial score (nSPS) is 27.9. The fourth-order valence-corrected chi connectivity index (χ4v) is 2.02. The van der Waals surface area contributed by atoms with Crippen molar-refractivity contribution in [3.05, 3.63) is 24.2 Å². The van der Waals surface area contributed by atoms with Crippen molar-refractivity contribution in [2.24, 2.45) is 11.1 Å². The lowest BCUT2D eigenvalue weighted by atomic mass is 10.1. The number of furan rings is 1. The number of rotatable bonds is 1. The lowest BCUT2D eigenvalue weighted by Crippen LogP contribution is -2.37. The second-order valence-electron chi connectivity index (χ2n) is 3.71. The Bertz CT molecular complexity index is 399. The summed E-state index contributed by atoms with van der Waals surface area (Å²) in [5.41, 5.74) is 0.561. The molecule has 2 aliphatic rings. The van der Waals surface area contributed by atoms with Crippen LogP contribution in [0.2, 0.25) is 0 Å². The molecule has 3 rings (SSSR count). The van der Waals surface area contributed by atoms with Gasteiger partial charge in [0, 0.05) is 6.54 Å². The third-order valence-corrected chi connectivity index (χ3v) is 2.83. The van der Waals surface area contributed by atoms with Crippen LogP contribution in [0, 0.1) is 5.92 Å². The van der Waals surface area contributed by atoms with Crippen molar-refractivity contribution >= 4 is 12.1 Å². The molecule has 5 nitrogen and oxygen atoms in total. The molecule has 3 heterocycles. The van der Waals surface area contributed by atoms with Crippen molar-refractivity contribution in [2.45, 2.75) is 12.6 Å². The second-order valence-corrected chi connectivity index (χ2v) is 3.71. The Hall–Kier alpha value is -1.78. The van der Waals surface area contributed by atoms with Crippen molar-refractivity contribution in [1.29, 1.82) is 0 Å². The lowest BCUT2D eigenvalue weighted by Gasteiger charge is -2.20. The van der Waals surface area contributed by atoms with Gasteiger partial charge < -0.3 is 14.2 Å². The van der Waals surface area contributed by atoms with Crippen LogP contribution in [0.4, 0.5) is 0 Å². The minimum absolute atomic E-state index is 0.0539. The van der Waals surface area contributed by atoms with E-state index in [4.69, 9.17) is 9.25 Å². The van der Waals surface area contributed by atoms with E-state index in [9.17, 15) is 4.79 Å². The van der Waals surface area contributed by atoms with Gasteiger partial charge in [0.15, 0.2) is 0 Å². The number of hydrogen-bond acceptors (Lipinski definition) is 4. The van der Waals surface area contributed by atoms with E-state index in [0.29, 0.717) is 12.1 Å². The molecule has 0 spiro atoms. The van der Waals surface area contributed by atoms with Gasteiger partial charge in [0.2, 0.25) is 6.23 Å². The number of carbonyl (C=O) groups is 1. The SMILES string of the molecule is O=C(c1ccoc1)N1CCC2C=NOC21. The summed E-state index contributed by atoms with van der Waals surface area (Å²) in [6, 6.07) is 1.66. The van der Waals surface area contributed by atoms with Gasteiger partial charge >= 0.3 is 0 Å². The minimum Gasteiger partial charge on any atom is -0.472 e. The number of oxime groups is 1. The number of hydrogen-bond donors (Lipinski definition) is 0. The smallest absolute Gasteiger partial charge is 0.260 e. The summed E-state index contributed by atoms with van der Waals surface area (Å²) in [7, 11) is 0. The van der Waals surface area contributed by atoms with Gasteiger partial charge in [0.25, 0.3) is 5.91 Å². The van der Waals surface area contributed by atoms with Crippen LogP contribution in [0.15, 0.2) is 28.2 Å². The minimum atomic E-state index is -0.215. The van der Waals surface area contributed by atoms with Gasteiger partial charge in [0.05, 0.1) is 24.0 Å². The fraction of sp³-hybridized carbons (Fsp3) is 0.400. The summed E-state index contributed by atoms with van der Waals surface area (Å²) < 4.78 is 4.89. The van der Waals surface area contributed by atoms with Crippen molar-refractivity contribution in [3.8, 4) is 0 Å². The molecular weight excluding hydrogens is 196 g/mol. The summed E-state index contributed by atoms with van der Waals surface area (Å²) in [6.07, 6.45) is 5.41. The molecule has 2 aliphatic heterocycles. The van der Waals surface area contributed by atoms with Crippen LogP contribution in [0.3, 0.4) is 0 Å². The Morgan fingerprint density at radius 3 is 3.33 bits per heavy atom. The topological polar surface area (TPSA) is 55.0 Å². The van der Waals surface area contributed by atoms with Crippen molar-refractivity contribution in [2.75, 3.05) is 6.54 Å². The van der Waals surface area contributed by atoms with Crippen LogP contribution in [0.25, 0.3) is 0 Å². The highest BCUT2D eigenvalue weighted by Gasteiger charge is 2.41. The highest BCUT2D eigenvalue weighted by Crippen LogP contribution is 2.29. The number of likely N-dealkylation sites (tertiary alicyclic amines) is 1. The molecule has 1 aromatic rings. The molecule has 0 N–H and O–H groups in total. The Morgan fingerprint density at radius 1 is 1.60 bits per heavy atom. The molecular formula is C10H10N2O3. The maximum atomic E-state index is 12.0. The largest absolute Gasteiger partial charge is 0.472 e. The van der Waals surface area contributed by atoms with Gasteiger partial charge in [-0.05, 0) is 12.5 Å². The summed E-state index contributed by atoms with van der Waals surface area (Å²) >= 11 is 0. The van der Waals surface area contributed by atoms with Crippen molar-refractivity contribution in [3.63, 3.8) is 0 Å². The quantitative estimate of drug-likeness (QED) is 0.691. The lowest BCUT2D eigenvalue weighted by molar-refractivity contribution is -0.0173. The first-order chi connectivity index (χ1) is 7.36. The van der Waals surface area contributed by atoms with Crippen LogP contribution < -0.4 is 0 Å². The van der Waals surface area contributed by atoms with Crippen LogP contribution >= 0.6 is 0 Å². The van der Waals surface area contributed by atoms with E-state index < -0.39 is 0 Å². The maximum absolute atomic E-state index is 12.0. The second kappa shape index (κ2) is 3.12. The summed E-state index contributed by atoms with van der Waals surface area (Å²) in [4.78, 5) is 18.8. The van der Waals surface area contributed by atoms with Gasteiger partial charge in [-0.15, -0.1) is 0 Å². The van der Waals surface area contributed by atoms with Crippen LogP contribution in [0.1, 0.15) is 16.8 Å². The Morgan fingerprint density at radius 2 is 2.53 bits per heavy atom. The van der Waals surface area contributed by atoms with Crippen LogP contribution in [0.5, 0.6) is 0 Å². The molecule has 0 aliphatic carbocycles. The Kier molecular flexibility index (Phi) is 1.77. The van der Waals surface area contributed by atoms with E-state index in [1.54, 1.807) is 17.2 Å². The van der Waals surface area contributed by atoms with E-state index in [0.717, 1.165) is 6.42 Å². The molecule has 15 heavy (non-hydrogen) atoms. The summed E-state index contributed by atoms with van der Waals surface area (Å²) in [5, 5.41) is 3.74. The summed E-state index contributed by atoms with van der Waals surface area (Å²) in [6.45, 7) is 0.714. The molecule has 0 bridgehead atoms. The van der Waals surface area contributed by atoms with Crippen molar-refractivity contribution < 1.29 is 14.0 Å². The molecule has 1 saturated heterocycles. The van der Waals surface area contributed by atoms with E-state index >= 15 is 0 Å². The first-order valence-electron chi connectivity index (χ1n) is 4.89. The molecule has 1 fully saturated rings. The van der Waals surface area contributed by atoms with Gasteiger partial charge in [-0.1, -0.05) is 5.16 Å². The highest BCUT2D eigenvalue weighted by molar-refractivity contribution is 5.94. The monoisotopic (exact) mass is 206 g/mol. The first-order valence-corrected chi connectivity index (χ1v) is 4.89. The number of amides is 1. The molecule has 78 valence electrons. The van der Waals surface area contributed by atoms with E-state index in [1.165, 1.54) is 12.5 Å². The van der Waals surface area contributed by atoms with Gasteiger partial charge in [-0.3, -0.25) is 4.79 Å². The van der Waals surface area contributed by atoms with E-state index in [1.807, 2.05) is 0 Å². The highest BCUT2D eigenvalue weighted by atomic mass is 16.7. The van der Waals surface area contributed by atoms with Crippen LogP contribution in [-0.2, 0) is 4.84 Å². The average Bonchev–Trinajstić information content (AvgIpc) is 2.94. The zero-order valence-electron chi connectivity index (χ0n) is 8.00. The molecule has 0 radical (unpaired) electrons. The Labute approximate surface area is 86.3 Å². The zero-order valence-corrected chi connectivity index (χ0v) is 8.00. The summed E-state index contributed by atoms with van der Waals surface area (Å²) in [5.74, 6) is 0.197. The number of nitrogens with zero attached hydrogens (tertiary/aromatic N) is 2. The van der Waals surface area contributed by atoms with E-state index in [2.05, 4.69) is 5.16 Å². The van der Waals surface area contributed by atoms with Crippen LogP contribution in [-0.4, -0.2) is 29.8 Å². The number of carbonyl (C=O) groups excluding carboxylic acids is 1. The third-order valence-electron chi connectivity index (χ3n) is 2.83. The Balaban J connectivity index is 1.81. The van der Waals surface area contributed by atoms with Gasteiger partial charge in [-0.25, -0.2) is 0 Å². The third kappa shape index (κ3) is 1.23. The first kappa shape index (κ1) is 8.52. The predicted octanol–water partition coefficient (Wildman–Crippen LogP) is 1.08. The number of fused-ring (bicyclic) bond motifs is 1. The van der Waals surface area contributed by atoms with E-state index in [-0.39, 0.29) is 18.1 Å². The van der Waals surface area contributed by atoms with Gasteiger partial charge in [-0.2, -0.15) is 0 Å². The predicted molar refractivity (Wildman–Crippen MR) is 51.2 cm³/mol. The van der Waals surface area contributed by atoms with Crippen molar-refractivity contribution in [1.82, 2.24) is 4.90 Å². The molecule has 0 saturated carbocycles. The standard InChI is InChI=1S/C10H10N2O3/c13-9(8-2-4-14-6-8)12-3-1-7-5-11-15-10(7)12/h2,4-7,10H,1,3H2.